The average molecular weight is 256 g/mol. The van der Waals surface area contributed by atoms with Crippen LogP contribution in [-0.4, -0.2) is 17.0 Å². The number of nitrogens with zero attached hydrogens (tertiary/aromatic N) is 1. The Balaban J connectivity index is 2.17. The molecular formula is C11H14ClN3O2. The van der Waals surface area contributed by atoms with Crippen LogP contribution in [0.3, 0.4) is 0 Å². The minimum atomic E-state index is -0.427. The number of nitrogens with two attached hydrogens (primary N) is 1. The van der Waals surface area contributed by atoms with Gasteiger partial charge < -0.3 is 11.1 Å². The predicted molar refractivity (Wildman–Crippen MR) is 67.3 cm³/mol. The van der Waals surface area contributed by atoms with Crippen molar-refractivity contribution in [2.45, 2.75) is 31.3 Å². The molecule has 3 N–H and O–H groups in total. The van der Waals surface area contributed by atoms with Crippen molar-refractivity contribution in [2.75, 3.05) is 5.32 Å². The molecule has 1 aliphatic rings. The molecule has 1 fully saturated rings. The number of nitro groups is 1. The van der Waals surface area contributed by atoms with Crippen LogP contribution in [0.1, 0.15) is 19.3 Å². The lowest BCUT2D eigenvalue weighted by Crippen LogP contribution is -2.21. The van der Waals surface area contributed by atoms with E-state index in [2.05, 4.69) is 5.32 Å². The lowest BCUT2D eigenvalue weighted by molar-refractivity contribution is -0.384. The predicted octanol–water partition coefficient (Wildman–Crippen LogP) is 2.54. The van der Waals surface area contributed by atoms with Crippen LogP contribution in [0.25, 0.3) is 0 Å². The van der Waals surface area contributed by atoms with Gasteiger partial charge >= 0.3 is 0 Å². The molecule has 5 nitrogen and oxygen atoms in total. The lowest BCUT2D eigenvalue weighted by Gasteiger charge is -2.13. The molecule has 0 bridgehead atoms. The van der Waals surface area contributed by atoms with Crippen LogP contribution in [0.15, 0.2) is 18.2 Å². The zero-order valence-electron chi connectivity index (χ0n) is 9.23. The number of hydrogen-bond acceptors (Lipinski definition) is 4. The summed E-state index contributed by atoms with van der Waals surface area (Å²) < 4.78 is 0. The summed E-state index contributed by atoms with van der Waals surface area (Å²) in [4.78, 5) is 10.5. The molecule has 92 valence electrons. The summed E-state index contributed by atoms with van der Waals surface area (Å²) in [5.41, 5.74) is 6.33. The van der Waals surface area contributed by atoms with Gasteiger partial charge in [0.15, 0.2) is 0 Å². The number of hydrogen-bond donors (Lipinski definition) is 2. The van der Waals surface area contributed by atoms with Gasteiger partial charge in [-0.15, -0.1) is 0 Å². The summed E-state index contributed by atoms with van der Waals surface area (Å²) in [7, 11) is 0. The van der Waals surface area contributed by atoms with Gasteiger partial charge in [0.2, 0.25) is 0 Å². The monoisotopic (exact) mass is 255 g/mol. The van der Waals surface area contributed by atoms with E-state index in [1.807, 2.05) is 0 Å². The summed E-state index contributed by atoms with van der Waals surface area (Å²) in [5, 5.41) is 14.4. The fourth-order valence-electron chi connectivity index (χ4n) is 2.15. The Hall–Kier alpha value is -1.33. The van der Waals surface area contributed by atoms with Crippen molar-refractivity contribution >= 4 is 23.0 Å². The molecule has 2 unspecified atom stereocenters. The zero-order chi connectivity index (χ0) is 12.4. The minimum Gasteiger partial charge on any atom is -0.377 e. The standard InChI is InChI=1S/C11H14ClN3O2/c12-7-1-4-10(11(5-7)15(16)17)14-9-3-2-8(13)6-9/h1,4-5,8-9,14H,2-3,6,13H2. The molecule has 0 spiro atoms. The third-order valence-electron chi connectivity index (χ3n) is 2.99. The largest absolute Gasteiger partial charge is 0.377 e. The summed E-state index contributed by atoms with van der Waals surface area (Å²) in [5.74, 6) is 0. The Bertz CT molecular complexity index is 439. The maximum atomic E-state index is 10.9. The molecule has 2 atom stereocenters. The number of halogens is 1. The van der Waals surface area contributed by atoms with Gasteiger partial charge in [-0.3, -0.25) is 10.1 Å². The van der Waals surface area contributed by atoms with Crippen LogP contribution < -0.4 is 11.1 Å². The van der Waals surface area contributed by atoms with Crippen LogP contribution in [0.4, 0.5) is 11.4 Å². The van der Waals surface area contributed by atoms with Crippen LogP contribution in [0.2, 0.25) is 5.02 Å². The molecule has 1 aromatic carbocycles. The first-order valence-electron chi connectivity index (χ1n) is 5.52. The minimum absolute atomic E-state index is 0.0120. The highest BCUT2D eigenvalue weighted by Crippen LogP contribution is 2.30. The highest BCUT2D eigenvalue weighted by Gasteiger charge is 2.24. The molecule has 0 amide bonds. The molecule has 1 saturated carbocycles. The summed E-state index contributed by atoms with van der Waals surface area (Å²) in [6.45, 7) is 0. The molecule has 17 heavy (non-hydrogen) atoms. The third kappa shape index (κ3) is 2.87. The van der Waals surface area contributed by atoms with Crippen LogP contribution >= 0.6 is 11.6 Å². The molecule has 6 heteroatoms. The second-order valence-electron chi connectivity index (χ2n) is 4.33. The van der Waals surface area contributed by atoms with Gasteiger partial charge in [0.1, 0.15) is 5.69 Å². The van der Waals surface area contributed by atoms with Crippen molar-refractivity contribution in [3.05, 3.63) is 33.3 Å². The first-order chi connectivity index (χ1) is 8.06. The fraction of sp³-hybridized carbons (Fsp3) is 0.455. The van der Waals surface area contributed by atoms with E-state index in [0.29, 0.717) is 10.7 Å². The van der Waals surface area contributed by atoms with E-state index in [1.165, 1.54) is 6.07 Å². The third-order valence-corrected chi connectivity index (χ3v) is 3.22. The van der Waals surface area contributed by atoms with Crippen molar-refractivity contribution in [3.8, 4) is 0 Å². The maximum Gasteiger partial charge on any atom is 0.293 e. The van der Waals surface area contributed by atoms with Gasteiger partial charge in [0.05, 0.1) is 4.92 Å². The number of nitro benzene ring substituents is 1. The van der Waals surface area contributed by atoms with Gasteiger partial charge in [-0.05, 0) is 31.4 Å². The van der Waals surface area contributed by atoms with E-state index in [-0.39, 0.29) is 17.8 Å². The Labute approximate surface area is 104 Å². The van der Waals surface area contributed by atoms with Crippen molar-refractivity contribution in [1.82, 2.24) is 0 Å². The van der Waals surface area contributed by atoms with Gasteiger partial charge in [-0.2, -0.15) is 0 Å². The van der Waals surface area contributed by atoms with E-state index < -0.39 is 4.92 Å². The van der Waals surface area contributed by atoms with Crippen molar-refractivity contribution in [1.29, 1.82) is 0 Å². The Morgan fingerprint density at radius 2 is 2.24 bits per heavy atom. The Morgan fingerprint density at radius 3 is 2.82 bits per heavy atom. The molecule has 0 saturated heterocycles. The van der Waals surface area contributed by atoms with Crippen LogP contribution in [-0.2, 0) is 0 Å². The van der Waals surface area contributed by atoms with E-state index in [9.17, 15) is 10.1 Å². The molecule has 0 radical (unpaired) electrons. The van der Waals surface area contributed by atoms with Crippen molar-refractivity contribution < 1.29 is 4.92 Å². The zero-order valence-corrected chi connectivity index (χ0v) is 9.98. The Morgan fingerprint density at radius 1 is 1.47 bits per heavy atom. The highest BCUT2D eigenvalue weighted by molar-refractivity contribution is 6.30. The van der Waals surface area contributed by atoms with Gasteiger partial charge in [-0.25, -0.2) is 0 Å². The molecule has 0 heterocycles. The smallest absolute Gasteiger partial charge is 0.293 e. The van der Waals surface area contributed by atoms with Crippen LogP contribution in [0.5, 0.6) is 0 Å². The first kappa shape index (κ1) is 12.1. The number of nitrogens with one attached hydrogen (secondary N) is 1. The quantitative estimate of drug-likeness (QED) is 0.642. The molecule has 1 aromatic rings. The lowest BCUT2D eigenvalue weighted by atomic mass is 10.2. The number of anilines is 1. The summed E-state index contributed by atoms with van der Waals surface area (Å²) >= 11 is 5.75. The van der Waals surface area contributed by atoms with Gasteiger partial charge in [0.25, 0.3) is 5.69 Å². The number of benzene rings is 1. The fourth-order valence-corrected chi connectivity index (χ4v) is 2.31. The van der Waals surface area contributed by atoms with Gasteiger partial charge in [0, 0.05) is 23.2 Å². The average Bonchev–Trinajstić information content (AvgIpc) is 2.66. The second-order valence-corrected chi connectivity index (χ2v) is 4.77. The van der Waals surface area contributed by atoms with E-state index in [0.717, 1.165) is 19.3 Å². The summed E-state index contributed by atoms with van der Waals surface area (Å²) in [6.07, 6.45) is 2.75. The maximum absolute atomic E-state index is 10.9. The second kappa shape index (κ2) is 4.89. The molecule has 0 aliphatic heterocycles. The SMILES string of the molecule is NC1CCC(Nc2ccc(Cl)cc2[N+](=O)[O-])C1. The van der Waals surface area contributed by atoms with Crippen molar-refractivity contribution in [3.63, 3.8) is 0 Å². The first-order valence-corrected chi connectivity index (χ1v) is 5.90. The van der Waals surface area contributed by atoms with Crippen molar-refractivity contribution in [2.24, 2.45) is 5.73 Å². The highest BCUT2D eigenvalue weighted by atomic mass is 35.5. The van der Waals surface area contributed by atoms with Crippen LogP contribution in [0, 0.1) is 10.1 Å². The molecule has 0 aromatic heterocycles. The normalized spacial score (nSPS) is 23.6. The van der Waals surface area contributed by atoms with Gasteiger partial charge in [-0.1, -0.05) is 11.6 Å². The Kier molecular flexibility index (Phi) is 3.49. The van der Waals surface area contributed by atoms with E-state index >= 15 is 0 Å². The number of rotatable bonds is 3. The van der Waals surface area contributed by atoms with E-state index in [4.69, 9.17) is 17.3 Å². The molecule has 1 aliphatic carbocycles. The molecular weight excluding hydrogens is 242 g/mol. The topological polar surface area (TPSA) is 81.2 Å². The van der Waals surface area contributed by atoms with E-state index in [1.54, 1.807) is 12.1 Å². The summed E-state index contributed by atoms with van der Waals surface area (Å²) in [6, 6.07) is 5.05. The molecule has 2 rings (SSSR count).